The Labute approximate surface area is 102 Å². The Bertz CT molecular complexity index is 317. The van der Waals surface area contributed by atoms with Gasteiger partial charge in [0.15, 0.2) is 0 Å². The fraction of sp³-hybridized carbons (Fsp3) is 0.833. The van der Waals surface area contributed by atoms with Gasteiger partial charge in [-0.25, -0.2) is 0 Å². The molecular weight excluding hydrogens is 220 g/mol. The first-order chi connectivity index (χ1) is 7.78. The van der Waals surface area contributed by atoms with E-state index >= 15 is 0 Å². The lowest BCUT2D eigenvalue weighted by Crippen LogP contribution is -2.53. The van der Waals surface area contributed by atoms with Crippen LogP contribution in [0.4, 0.5) is 0 Å². The van der Waals surface area contributed by atoms with Crippen LogP contribution in [0.2, 0.25) is 0 Å². The largest absolute Gasteiger partial charge is 0.481 e. The molecule has 98 valence electrons. The average Bonchev–Trinajstić information content (AvgIpc) is 2.26. The molecule has 0 aromatic carbocycles. The van der Waals surface area contributed by atoms with Crippen LogP contribution in [0.3, 0.4) is 0 Å². The van der Waals surface area contributed by atoms with E-state index in [4.69, 9.17) is 0 Å². The summed E-state index contributed by atoms with van der Waals surface area (Å²) in [6.07, 6.45) is 1.51. The summed E-state index contributed by atoms with van der Waals surface area (Å²) in [7, 11) is 3.44. The second kappa shape index (κ2) is 5.04. The molecule has 0 spiro atoms. The summed E-state index contributed by atoms with van der Waals surface area (Å²) in [5.41, 5.74) is -0.723. The van der Waals surface area contributed by atoms with Gasteiger partial charge in [0.25, 0.3) is 0 Å². The van der Waals surface area contributed by atoms with Gasteiger partial charge in [-0.15, -0.1) is 0 Å². The van der Waals surface area contributed by atoms with Gasteiger partial charge in [0.1, 0.15) is 0 Å². The number of carbonyl (C=O) groups excluding carboxylic acids is 1. The van der Waals surface area contributed by atoms with Crippen molar-refractivity contribution >= 4 is 11.9 Å². The van der Waals surface area contributed by atoms with E-state index in [-0.39, 0.29) is 11.9 Å². The van der Waals surface area contributed by atoms with E-state index in [2.05, 4.69) is 0 Å². The van der Waals surface area contributed by atoms with Crippen molar-refractivity contribution in [1.29, 1.82) is 0 Å². The number of carboxylic acids is 1. The summed E-state index contributed by atoms with van der Waals surface area (Å²) in [5.74, 6) is -0.744. The van der Waals surface area contributed by atoms with E-state index in [0.717, 1.165) is 13.0 Å². The number of carboxylic acid groups (broad SMARTS) is 1. The number of rotatable bonds is 3. The van der Waals surface area contributed by atoms with Crippen molar-refractivity contribution in [3.63, 3.8) is 0 Å². The molecule has 1 amide bonds. The minimum absolute atomic E-state index is 0.0274. The molecule has 0 radical (unpaired) electrons. The Morgan fingerprint density at radius 2 is 2.00 bits per heavy atom. The second-order valence-electron chi connectivity index (χ2n) is 5.35. The van der Waals surface area contributed by atoms with Crippen molar-refractivity contribution in [1.82, 2.24) is 9.80 Å². The van der Waals surface area contributed by atoms with Crippen LogP contribution in [0.15, 0.2) is 0 Å². The Morgan fingerprint density at radius 3 is 2.47 bits per heavy atom. The first kappa shape index (κ1) is 14.0. The zero-order valence-electron chi connectivity index (χ0n) is 11.1. The lowest BCUT2D eigenvalue weighted by Gasteiger charge is -2.40. The quantitative estimate of drug-likeness (QED) is 0.789. The summed E-state index contributed by atoms with van der Waals surface area (Å²) in [4.78, 5) is 26.6. The zero-order chi connectivity index (χ0) is 13.2. The Kier molecular flexibility index (Phi) is 4.14. The van der Waals surface area contributed by atoms with Gasteiger partial charge in [0.05, 0.1) is 11.5 Å². The molecule has 2 atom stereocenters. The molecule has 0 aromatic rings. The van der Waals surface area contributed by atoms with Crippen LogP contribution in [-0.4, -0.2) is 60.0 Å². The Morgan fingerprint density at radius 1 is 1.41 bits per heavy atom. The molecule has 2 unspecified atom stereocenters. The third-order valence-corrected chi connectivity index (χ3v) is 3.59. The highest BCUT2D eigenvalue weighted by Gasteiger charge is 2.40. The van der Waals surface area contributed by atoms with E-state index in [0.29, 0.717) is 13.0 Å². The third kappa shape index (κ3) is 2.97. The molecule has 5 nitrogen and oxygen atoms in total. The number of aliphatic carboxylic acids is 1. The van der Waals surface area contributed by atoms with Crippen LogP contribution in [0, 0.1) is 5.41 Å². The maximum Gasteiger partial charge on any atom is 0.310 e. The molecule has 1 heterocycles. The molecule has 5 heteroatoms. The summed E-state index contributed by atoms with van der Waals surface area (Å²) in [5, 5.41) is 9.22. The minimum atomic E-state index is -0.772. The van der Waals surface area contributed by atoms with E-state index < -0.39 is 11.4 Å². The lowest BCUT2D eigenvalue weighted by atomic mass is 9.81. The Balaban J connectivity index is 2.73. The number of hydrogen-bond acceptors (Lipinski definition) is 3. The van der Waals surface area contributed by atoms with Gasteiger partial charge in [-0.2, -0.15) is 0 Å². The van der Waals surface area contributed by atoms with E-state index in [1.54, 1.807) is 25.9 Å². The van der Waals surface area contributed by atoms with Crippen molar-refractivity contribution in [3.05, 3.63) is 0 Å². The summed E-state index contributed by atoms with van der Waals surface area (Å²) >= 11 is 0. The molecule has 0 saturated carbocycles. The molecule has 1 N–H and O–H groups in total. The van der Waals surface area contributed by atoms with Gasteiger partial charge in [0, 0.05) is 20.6 Å². The lowest BCUT2D eigenvalue weighted by molar-refractivity contribution is -0.153. The van der Waals surface area contributed by atoms with Gasteiger partial charge in [0.2, 0.25) is 5.91 Å². The van der Waals surface area contributed by atoms with Gasteiger partial charge in [-0.3, -0.25) is 14.5 Å². The number of likely N-dealkylation sites (N-methyl/N-ethyl adjacent to an activating group) is 1. The van der Waals surface area contributed by atoms with Crippen molar-refractivity contribution in [2.75, 3.05) is 27.2 Å². The third-order valence-electron chi connectivity index (χ3n) is 3.59. The highest BCUT2D eigenvalue weighted by molar-refractivity contribution is 5.81. The van der Waals surface area contributed by atoms with Gasteiger partial charge < -0.3 is 10.0 Å². The normalized spacial score (nSPS) is 27.5. The molecule has 1 aliphatic rings. The van der Waals surface area contributed by atoms with Crippen LogP contribution in [0.1, 0.15) is 26.7 Å². The topological polar surface area (TPSA) is 60.9 Å². The predicted octanol–water partition coefficient (Wildman–Crippen LogP) is 0.650. The van der Waals surface area contributed by atoms with E-state index in [1.165, 1.54) is 0 Å². The maximum absolute atomic E-state index is 11.9. The standard InChI is InChI=1S/C12H22N2O3/c1-9(10(15)13(3)4)14-7-5-6-12(2,8-14)11(16)17/h9H,5-8H2,1-4H3,(H,16,17). The van der Waals surface area contributed by atoms with Crippen molar-refractivity contribution in [2.24, 2.45) is 5.41 Å². The number of carbonyl (C=O) groups is 2. The SMILES string of the molecule is CC(C(=O)N(C)C)N1CCCC(C)(C(=O)O)C1. The summed E-state index contributed by atoms with van der Waals surface area (Å²) < 4.78 is 0. The highest BCUT2D eigenvalue weighted by atomic mass is 16.4. The van der Waals surface area contributed by atoms with Crippen LogP contribution in [0.25, 0.3) is 0 Å². The fourth-order valence-corrected chi connectivity index (χ4v) is 2.31. The summed E-state index contributed by atoms with van der Waals surface area (Å²) in [6.45, 7) is 4.84. The van der Waals surface area contributed by atoms with Crippen LogP contribution >= 0.6 is 0 Å². The number of piperidine rings is 1. The first-order valence-corrected chi connectivity index (χ1v) is 5.96. The number of hydrogen-bond donors (Lipinski definition) is 1. The van der Waals surface area contributed by atoms with E-state index in [9.17, 15) is 14.7 Å². The van der Waals surface area contributed by atoms with E-state index in [1.807, 2.05) is 11.8 Å². The molecule has 1 rings (SSSR count). The zero-order valence-corrected chi connectivity index (χ0v) is 11.1. The first-order valence-electron chi connectivity index (χ1n) is 5.96. The highest BCUT2D eigenvalue weighted by Crippen LogP contribution is 2.30. The van der Waals surface area contributed by atoms with Gasteiger partial charge in [-0.05, 0) is 33.2 Å². The van der Waals surface area contributed by atoms with Crippen molar-refractivity contribution in [3.8, 4) is 0 Å². The predicted molar refractivity (Wildman–Crippen MR) is 64.7 cm³/mol. The van der Waals surface area contributed by atoms with Crippen LogP contribution < -0.4 is 0 Å². The molecule has 0 aromatic heterocycles. The Hall–Kier alpha value is -1.10. The van der Waals surface area contributed by atoms with Crippen molar-refractivity contribution < 1.29 is 14.7 Å². The van der Waals surface area contributed by atoms with Gasteiger partial charge >= 0.3 is 5.97 Å². The minimum Gasteiger partial charge on any atom is -0.481 e. The van der Waals surface area contributed by atoms with Crippen LogP contribution in [-0.2, 0) is 9.59 Å². The molecular formula is C12H22N2O3. The monoisotopic (exact) mass is 242 g/mol. The molecule has 1 fully saturated rings. The van der Waals surface area contributed by atoms with Crippen molar-refractivity contribution in [2.45, 2.75) is 32.7 Å². The summed E-state index contributed by atoms with van der Waals surface area (Å²) in [6, 6.07) is -0.246. The number of nitrogens with zero attached hydrogens (tertiary/aromatic N) is 2. The number of amides is 1. The smallest absolute Gasteiger partial charge is 0.310 e. The average molecular weight is 242 g/mol. The maximum atomic E-state index is 11.9. The molecule has 1 saturated heterocycles. The van der Waals surface area contributed by atoms with Crippen LogP contribution in [0.5, 0.6) is 0 Å². The molecule has 1 aliphatic heterocycles. The second-order valence-corrected chi connectivity index (χ2v) is 5.35. The molecule has 0 bridgehead atoms. The molecule has 0 aliphatic carbocycles. The van der Waals surface area contributed by atoms with Gasteiger partial charge in [-0.1, -0.05) is 0 Å². The fourth-order valence-electron chi connectivity index (χ4n) is 2.31. The number of likely N-dealkylation sites (tertiary alicyclic amines) is 1. The molecule has 17 heavy (non-hydrogen) atoms.